The first-order valence-electron chi connectivity index (χ1n) is 9.60. The third kappa shape index (κ3) is 5.68. The molecule has 1 aromatic carbocycles. The minimum absolute atomic E-state index is 0.126. The summed E-state index contributed by atoms with van der Waals surface area (Å²) in [6.07, 6.45) is 1.67. The van der Waals surface area contributed by atoms with Crippen molar-refractivity contribution in [3.8, 4) is 0 Å². The zero-order valence-electron chi connectivity index (χ0n) is 18.1. The lowest BCUT2D eigenvalue weighted by atomic mass is 9.80. The van der Waals surface area contributed by atoms with Gasteiger partial charge < -0.3 is 19.5 Å². The van der Waals surface area contributed by atoms with Crippen molar-refractivity contribution in [3.05, 3.63) is 50.8 Å². The van der Waals surface area contributed by atoms with Crippen LogP contribution in [-0.2, 0) is 23.8 Å². The van der Waals surface area contributed by atoms with Crippen molar-refractivity contribution < 1.29 is 23.8 Å². The van der Waals surface area contributed by atoms with Crippen LogP contribution in [0.4, 0.5) is 0 Å². The van der Waals surface area contributed by atoms with E-state index in [1.165, 1.54) is 0 Å². The molecule has 0 aromatic heterocycles. The Labute approximate surface area is 190 Å². The van der Waals surface area contributed by atoms with Crippen molar-refractivity contribution in [3.63, 3.8) is 0 Å². The highest BCUT2D eigenvalue weighted by atomic mass is 79.9. The van der Waals surface area contributed by atoms with Crippen LogP contribution in [0.15, 0.2) is 50.1 Å². The SMILES string of the molecule is COCCOC(=O)C1=C(C)NC(C)=C(C(=O)OC(C)C)[C@H]1c1cc(Br)ccc1SC. The predicted octanol–water partition coefficient (Wildman–Crippen LogP) is 4.55. The number of esters is 2. The number of thioether (sulfide) groups is 1. The van der Waals surface area contributed by atoms with Gasteiger partial charge in [0.15, 0.2) is 0 Å². The Kier molecular flexibility index (Phi) is 9.00. The Morgan fingerprint density at radius 2 is 1.77 bits per heavy atom. The molecule has 0 radical (unpaired) electrons. The van der Waals surface area contributed by atoms with E-state index >= 15 is 0 Å². The number of carbonyl (C=O) groups excluding carboxylic acids is 2. The van der Waals surface area contributed by atoms with Gasteiger partial charge in [-0.25, -0.2) is 9.59 Å². The average molecular weight is 498 g/mol. The number of dihydropyridines is 1. The zero-order valence-corrected chi connectivity index (χ0v) is 20.5. The first-order chi connectivity index (χ1) is 14.2. The van der Waals surface area contributed by atoms with E-state index in [9.17, 15) is 9.59 Å². The van der Waals surface area contributed by atoms with Crippen molar-refractivity contribution in [1.29, 1.82) is 0 Å². The van der Waals surface area contributed by atoms with E-state index in [1.54, 1.807) is 32.7 Å². The van der Waals surface area contributed by atoms with Gasteiger partial charge in [0.1, 0.15) is 6.61 Å². The van der Waals surface area contributed by atoms with Gasteiger partial charge in [0.05, 0.1) is 29.8 Å². The summed E-state index contributed by atoms with van der Waals surface area (Å²) >= 11 is 5.07. The number of ether oxygens (including phenoxy) is 3. The van der Waals surface area contributed by atoms with E-state index in [0.717, 1.165) is 14.9 Å². The van der Waals surface area contributed by atoms with Gasteiger partial charge in [-0.15, -0.1) is 11.8 Å². The molecule has 0 spiro atoms. The fourth-order valence-electron chi connectivity index (χ4n) is 3.35. The summed E-state index contributed by atoms with van der Waals surface area (Å²) in [5, 5.41) is 3.16. The third-order valence-corrected chi connectivity index (χ3v) is 5.87. The highest BCUT2D eigenvalue weighted by Crippen LogP contribution is 2.43. The molecular formula is C22H28BrNO5S. The van der Waals surface area contributed by atoms with Gasteiger partial charge in [0.2, 0.25) is 0 Å². The van der Waals surface area contributed by atoms with E-state index < -0.39 is 17.9 Å². The molecule has 1 atom stereocenters. The number of hydrogen-bond donors (Lipinski definition) is 1. The van der Waals surface area contributed by atoms with Crippen LogP contribution in [0.5, 0.6) is 0 Å². The Morgan fingerprint density at radius 1 is 1.13 bits per heavy atom. The highest BCUT2D eigenvalue weighted by Gasteiger charge is 2.39. The Balaban J connectivity index is 2.65. The molecule has 6 nitrogen and oxygen atoms in total. The first-order valence-corrected chi connectivity index (χ1v) is 11.6. The zero-order chi connectivity index (χ0) is 22.4. The number of carbonyl (C=O) groups is 2. The fourth-order valence-corrected chi connectivity index (χ4v) is 4.35. The molecule has 164 valence electrons. The van der Waals surface area contributed by atoms with Crippen molar-refractivity contribution in [2.24, 2.45) is 0 Å². The molecule has 1 heterocycles. The fraction of sp³-hybridized carbons (Fsp3) is 0.455. The van der Waals surface area contributed by atoms with Crippen LogP contribution in [0, 0.1) is 0 Å². The number of benzene rings is 1. The lowest BCUT2D eigenvalue weighted by molar-refractivity contribution is -0.143. The molecule has 1 aromatic rings. The normalized spacial score (nSPS) is 16.6. The molecule has 1 aliphatic rings. The second kappa shape index (κ2) is 11.0. The van der Waals surface area contributed by atoms with Crippen molar-refractivity contribution in [2.75, 3.05) is 26.6 Å². The molecule has 0 unspecified atom stereocenters. The second-order valence-corrected chi connectivity index (χ2v) is 8.87. The number of rotatable bonds is 8. The Morgan fingerprint density at radius 3 is 2.33 bits per heavy atom. The van der Waals surface area contributed by atoms with Crippen molar-refractivity contribution >= 4 is 39.6 Å². The van der Waals surface area contributed by atoms with E-state index in [4.69, 9.17) is 14.2 Å². The van der Waals surface area contributed by atoms with Crippen molar-refractivity contribution in [2.45, 2.75) is 44.6 Å². The molecule has 0 saturated heterocycles. The summed E-state index contributed by atoms with van der Waals surface area (Å²) in [5.74, 6) is -1.56. The molecule has 2 rings (SSSR count). The summed E-state index contributed by atoms with van der Waals surface area (Å²) in [6, 6.07) is 5.84. The van der Waals surface area contributed by atoms with Gasteiger partial charge in [-0.05, 0) is 57.7 Å². The van der Waals surface area contributed by atoms with Gasteiger partial charge in [-0.2, -0.15) is 0 Å². The molecule has 0 bridgehead atoms. The van der Waals surface area contributed by atoms with E-state index in [1.807, 2.05) is 38.3 Å². The van der Waals surface area contributed by atoms with Gasteiger partial charge >= 0.3 is 11.9 Å². The minimum Gasteiger partial charge on any atom is -0.460 e. The van der Waals surface area contributed by atoms with E-state index in [2.05, 4.69) is 21.2 Å². The number of hydrogen-bond acceptors (Lipinski definition) is 7. The first kappa shape index (κ1) is 24.5. The largest absolute Gasteiger partial charge is 0.460 e. The highest BCUT2D eigenvalue weighted by molar-refractivity contribution is 9.10. The molecule has 8 heteroatoms. The maximum absolute atomic E-state index is 13.1. The van der Waals surface area contributed by atoms with Crippen molar-refractivity contribution in [1.82, 2.24) is 5.32 Å². The summed E-state index contributed by atoms with van der Waals surface area (Å²) in [4.78, 5) is 27.1. The molecule has 0 fully saturated rings. The smallest absolute Gasteiger partial charge is 0.337 e. The summed E-state index contributed by atoms with van der Waals surface area (Å²) in [5.41, 5.74) is 2.94. The number of methoxy groups -OCH3 is 1. The van der Waals surface area contributed by atoms with Gasteiger partial charge in [-0.1, -0.05) is 15.9 Å². The summed E-state index contributed by atoms with van der Waals surface area (Å²) in [6.45, 7) is 7.64. The van der Waals surface area contributed by atoms with E-state index in [-0.39, 0.29) is 12.7 Å². The maximum Gasteiger partial charge on any atom is 0.337 e. The summed E-state index contributed by atoms with van der Waals surface area (Å²) in [7, 11) is 1.54. The predicted molar refractivity (Wildman–Crippen MR) is 121 cm³/mol. The second-order valence-electron chi connectivity index (χ2n) is 7.10. The molecule has 1 N–H and O–H groups in total. The van der Waals surface area contributed by atoms with Crippen LogP contribution in [0.1, 0.15) is 39.2 Å². The standard InChI is InChI=1S/C22H28BrNO5S/c1-12(2)29-22(26)19-14(4)24-13(3)18(21(25)28-10-9-27-5)20(19)16-11-15(23)7-8-17(16)30-6/h7-8,11-12,20,24H,9-10H2,1-6H3/t20-/m0/s1. The molecule has 0 amide bonds. The summed E-state index contributed by atoms with van der Waals surface area (Å²) < 4.78 is 16.8. The van der Waals surface area contributed by atoms with Gasteiger partial charge in [0.25, 0.3) is 0 Å². The van der Waals surface area contributed by atoms with E-state index in [0.29, 0.717) is 29.1 Å². The molecule has 30 heavy (non-hydrogen) atoms. The average Bonchev–Trinajstić information content (AvgIpc) is 2.66. The molecular weight excluding hydrogens is 470 g/mol. The maximum atomic E-state index is 13.1. The van der Waals surface area contributed by atoms with Crippen LogP contribution in [0.25, 0.3) is 0 Å². The number of nitrogens with one attached hydrogen (secondary N) is 1. The Hall–Kier alpha value is -1.77. The Bertz CT molecular complexity index is 878. The minimum atomic E-state index is -0.618. The monoisotopic (exact) mass is 497 g/mol. The number of halogens is 1. The molecule has 1 aliphatic heterocycles. The number of allylic oxidation sites excluding steroid dienone is 2. The van der Waals surface area contributed by atoms with Crippen LogP contribution in [0.2, 0.25) is 0 Å². The lowest BCUT2D eigenvalue weighted by Crippen LogP contribution is -2.33. The quantitative estimate of drug-likeness (QED) is 0.320. The third-order valence-electron chi connectivity index (χ3n) is 4.57. The topological polar surface area (TPSA) is 73.9 Å². The van der Waals surface area contributed by atoms with Crippen LogP contribution >= 0.6 is 27.7 Å². The van der Waals surface area contributed by atoms with Crippen LogP contribution < -0.4 is 5.32 Å². The van der Waals surface area contributed by atoms with Crippen LogP contribution in [-0.4, -0.2) is 44.6 Å². The molecule has 0 saturated carbocycles. The molecule has 0 aliphatic carbocycles. The van der Waals surface area contributed by atoms with Crippen LogP contribution in [0.3, 0.4) is 0 Å². The lowest BCUT2D eigenvalue weighted by Gasteiger charge is -2.31. The van der Waals surface area contributed by atoms with Gasteiger partial charge in [-0.3, -0.25) is 0 Å². The van der Waals surface area contributed by atoms with Gasteiger partial charge in [0, 0.05) is 27.9 Å².